The van der Waals surface area contributed by atoms with Gasteiger partial charge in [-0.05, 0) is 54.2 Å². The van der Waals surface area contributed by atoms with Gasteiger partial charge >= 0.3 is 0 Å². The molecule has 0 fully saturated rings. The minimum absolute atomic E-state index is 0.0183. The molecule has 2 aromatic carbocycles. The second-order valence-corrected chi connectivity index (χ2v) is 8.57. The Morgan fingerprint density at radius 3 is 2.58 bits per heavy atom. The Morgan fingerprint density at radius 1 is 0.958 bits per heavy atom. The van der Waals surface area contributed by atoms with Gasteiger partial charge in [-0.1, -0.05) is 24.3 Å². The van der Waals surface area contributed by atoms with E-state index in [2.05, 4.69) is 12.1 Å². The van der Waals surface area contributed by atoms with Gasteiger partial charge in [-0.3, -0.25) is 4.79 Å². The number of carbonyl (C=O) groups excluding carboxylic acids is 1. The van der Waals surface area contributed by atoms with Crippen LogP contribution in [0.3, 0.4) is 0 Å². The molecule has 0 aromatic heterocycles. The number of amides is 1. The summed E-state index contributed by atoms with van der Waals surface area (Å²) < 4.78 is 24.2. The lowest BCUT2D eigenvalue weighted by Crippen LogP contribution is -2.36. The van der Waals surface area contributed by atoms with E-state index in [-0.39, 0.29) is 11.7 Å². The minimum Gasteiger partial charge on any atom is -0.334 e. The number of carbonyl (C=O) groups is 1. The van der Waals surface area contributed by atoms with Crippen LogP contribution in [0.4, 0.5) is 0 Å². The number of fused-ring (bicyclic) bond motifs is 2. The Bertz CT molecular complexity index is 918. The number of nitrogens with zero attached hydrogens (tertiary/aromatic N) is 1. The largest absolute Gasteiger partial charge is 0.334 e. The topological polar surface area (TPSA) is 54.5 Å². The van der Waals surface area contributed by atoms with E-state index in [1.54, 1.807) is 18.2 Å². The molecule has 0 bridgehead atoms. The van der Waals surface area contributed by atoms with Crippen molar-refractivity contribution in [1.82, 2.24) is 4.90 Å². The highest BCUT2D eigenvalue weighted by Crippen LogP contribution is 2.27. The Kier molecular flexibility index (Phi) is 3.68. The van der Waals surface area contributed by atoms with Crippen molar-refractivity contribution in [2.24, 2.45) is 0 Å². The zero-order chi connectivity index (χ0) is 16.7. The van der Waals surface area contributed by atoms with Crippen LogP contribution in [0.15, 0.2) is 47.4 Å². The first-order chi connectivity index (χ1) is 11.5. The normalized spacial score (nSPS) is 18.6. The Morgan fingerprint density at radius 2 is 1.75 bits per heavy atom. The highest BCUT2D eigenvalue weighted by atomic mass is 32.2. The van der Waals surface area contributed by atoms with Gasteiger partial charge in [0.1, 0.15) is 0 Å². The van der Waals surface area contributed by atoms with Crippen molar-refractivity contribution in [2.75, 3.05) is 12.3 Å². The first-order valence-electron chi connectivity index (χ1n) is 8.26. The van der Waals surface area contributed by atoms with Crippen LogP contribution in [0.1, 0.15) is 33.5 Å². The van der Waals surface area contributed by atoms with Crippen molar-refractivity contribution in [3.63, 3.8) is 0 Å². The van der Waals surface area contributed by atoms with E-state index in [9.17, 15) is 13.2 Å². The summed E-state index contributed by atoms with van der Waals surface area (Å²) in [5.41, 5.74) is 3.87. The second kappa shape index (κ2) is 5.74. The maximum atomic E-state index is 12.8. The van der Waals surface area contributed by atoms with Crippen molar-refractivity contribution in [3.05, 3.63) is 64.7 Å². The van der Waals surface area contributed by atoms with Gasteiger partial charge in [0.2, 0.25) is 0 Å². The number of sulfone groups is 1. The first kappa shape index (κ1) is 15.4. The maximum Gasteiger partial charge on any atom is 0.254 e. The molecule has 2 aliphatic rings. The molecule has 4 rings (SSSR count). The van der Waals surface area contributed by atoms with E-state index < -0.39 is 9.84 Å². The van der Waals surface area contributed by atoms with Crippen molar-refractivity contribution in [3.8, 4) is 0 Å². The molecular weight excluding hydrogens is 322 g/mol. The molecule has 0 aliphatic carbocycles. The van der Waals surface area contributed by atoms with E-state index in [0.29, 0.717) is 30.0 Å². The summed E-state index contributed by atoms with van der Waals surface area (Å²) in [5, 5.41) is 0. The predicted molar refractivity (Wildman–Crippen MR) is 91.7 cm³/mol. The molecule has 0 spiro atoms. The van der Waals surface area contributed by atoms with Crippen LogP contribution in [0.5, 0.6) is 0 Å². The van der Waals surface area contributed by atoms with Gasteiger partial charge in [0.15, 0.2) is 9.84 Å². The van der Waals surface area contributed by atoms with Crippen LogP contribution >= 0.6 is 0 Å². The van der Waals surface area contributed by atoms with Crippen LogP contribution in [0, 0.1) is 0 Å². The molecule has 2 aliphatic heterocycles. The maximum absolute atomic E-state index is 12.8. The Balaban J connectivity index is 1.62. The van der Waals surface area contributed by atoms with Crippen molar-refractivity contribution >= 4 is 15.7 Å². The molecule has 24 heavy (non-hydrogen) atoms. The molecule has 5 heteroatoms. The number of hydrogen-bond acceptors (Lipinski definition) is 3. The average molecular weight is 341 g/mol. The Labute approximate surface area is 142 Å². The van der Waals surface area contributed by atoms with Gasteiger partial charge in [0.05, 0.1) is 10.6 Å². The fourth-order valence-corrected chi connectivity index (χ4v) is 5.21. The molecule has 2 heterocycles. The smallest absolute Gasteiger partial charge is 0.254 e. The monoisotopic (exact) mass is 341 g/mol. The average Bonchev–Trinajstić information content (AvgIpc) is 2.60. The van der Waals surface area contributed by atoms with Gasteiger partial charge in [0, 0.05) is 18.7 Å². The fourth-order valence-electron chi connectivity index (χ4n) is 3.63. The molecule has 0 N–H and O–H groups in total. The van der Waals surface area contributed by atoms with Crippen molar-refractivity contribution < 1.29 is 13.2 Å². The second-order valence-electron chi connectivity index (χ2n) is 6.49. The van der Waals surface area contributed by atoms with E-state index in [1.807, 2.05) is 17.0 Å². The molecular formula is C19H19NO3S. The lowest BCUT2D eigenvalue weighted by molar-refractivity contribution is 0.0734. The summed E-state index contributed by atoms with van der Waals surface area (Å²) >= 11 is 0. The number of benzene rings is 2. The van der Waals surface area contributed by atoms with Crippen molar-refractivity contribution in [2.45, 2.75) is 30.7 Å². The van der Waals surface area contributed by atoms with Gasteiger partial charge in [0.25, 0.3) is 5.91 Å². The van der Waals surface area contributed by atoms with E-state index in [1.165, 1.54) is 11.1 Å². The third-order valence-electron chi connectivity index (χ3n) is 4.92. The standard InChI is InChI=1S/C19H19NO3S/c21-19(20-10-9-14-4-1-2-5-17(14)13-20)16-7-8-18-15(12-16)6-3-11-24(18,22)23/h1-2,4-5,7-8,12H,3,6,9-11,13H2. The summed E-state index contributed by atoms with van der Waals surface area (Å²) in [6, 6.07) is 13.2. The predicted octanol–water partition coefficient (Wildman–Crippen LogP) is 2.61. The van der Waals surface area contributed by atoms with Gasteiger partial charge in [-0.2, -0.15) is 0 Å². The SMILES string of the molecule is O=C(c1ccc2c(c1)CCCS2(=O)=O)N1CCc2ccccc2C1. The highest BCUT2D eigenvalue weighted by molar-refractivity contribution is 7.91. The van der Waals surface area contributed by atoms with Crippen LogP contribution in [0.25, 0.3) is 0 Å². The molecule has 0 atom stereocenters. The van der Waals surface area contributed by atoms with Gasteiger partial charge < -0.3 is 4.90 Å². The van der Waals surface area contributed by atoms with E-state index in [0.717, 1.165) is 18.4 Å². The van der Waals surface area contributed by atoms with Crippen LogP contribution < -0.4 is 0 Å². The number of rotatable bonds is 1. The number of aryl methyl sites for hydroxylation is 1. The summed E-state index contributed by atoms with van der Waals surface area (Å²) in [5.74, 6) is 0.186. The molecule has 2 aromatic rings. The molecule has 0 unspecified atom stereocenters. The highest BCUT2D eigenvalue weighted by Gasteiger charge is 2.26. The van der Waals surface area contributed by atoms with E-state index in [4.69, 9.17) is 0 Å². The van der Waals surface area contributed by atoms with E-state index >= 15 is 0 Å². The quantitative estimate of drug-likeness (QED) is 0.801. The number of hydrogen-bond donors (Lipinski definition) is 0. The van der Waals surface area contributed by atoms with Gasteiger partial charge in [-0.25, -0.2) is 8.42 Å². The third-order valence-corrected chi connectivity index (χ3v) is 6.81. The Hall–Kier alpha value is -2.14. The molecule has 4 nitrogen and oxygen atoms in total. The lowest BCUT2D eigenvalue weighted by Gasteiger charge is -2.29. The van der Waals surface area contributed by atoms with Crippen LogP contribution in [0.2, 0.25) is 0 Å². The summed E-state index contributed by atoms with van der Waals surface area (Å²) in [7, 11) is -3.17. The summed E-state index contributed by atoms with van der Waals surface area (Å²) in [6.07, 6.45) is 2.21. The minimum atomic E-state index is -3.17. The first-order valence-corrected chi connectivity index (χ1v) is 9.91. The third kappa shape index (κ3) is 2.63. The zero-order valence-corrected chi connectivity index (χ0v) is 14.2. The lowest BCUT2D eigenvalue weighted by atomic mass is 9.99. The van der Waals surface area contributed by atoms with Gasteiger partial charge in [-0.15, -0.1) is 0 Å². The molecule has 0 saturated carbocycles. The molecule has 1 amide bonds. The summed E-state index contributed by atoms with van der Waals surface area (Å²) in [4.78, 5) is 15.1. The van der Waals surface area contributed by atoms with Crippen LogP contribution in [-0.2, 0) is 29.2 Å². The fraction of sp³-hybridized carbons (Fsp3) is 0.316. The molecule has 124 valence electrons. The summed E-state index contributed by atoms with van der Waals surface area (Å²) in [6.45, 7) is 1.32. The molecule has 0 saturated heterocycles. The van der Waals surface area contributed by atoms with Crippen molar-refractivity contribution in [1.29, 1.82) is 0 Å². The van der Waals surface area contributed by atoms with Crippen LogP contribution in [-0.4, -0.2) is 31.5 Å². The molecule has 0 radical (unpaired) electrons. The zero-order valence-electron chi connectivity index (χ0n) is 13.4.